The zero-order valence-electron chi connectivity index (χ0n) is 12.4. The zero-order chi connectivity index (χ0) is 13.8. The Morgan fingerprint density at radius 3 is 2.17 bits per heavy atom. The zero-order valence-corrected chi connectivity index (χ0v) is 14.2. The molecule has 0 aliphatic heterocycles. The second-order valence-corrected chi connectivity index (χ2v) is 12.6. The first-order valence-corrected chi connectivity index (χ1v) is 10.3. The van der Waals surface area contributed by atoms with E-state index in [2.05, 4.69) is 82.6 Å². The van der Waals surface area contributed by atoms with Gasteiger partial charge in [0.2, 0.25) is 0 Å². The highest BCUT2D eigenvalue weighted by molar-refractivity contribution is 8.00. The average molecular weight is 277 g/mol. The molecule has 1 rings (SSSR count). The van der Waals surface area contributed by atoms with E-state index < -0.39 is 8.07 Å². The van der Waals surface area contributed by atoms with Crippen molar-refractivity contribution in [2.24, 2.45) is 0 Å². The molecular formula is C16H24SSi. The number of hydrogen-bond donors (Lipinski definition) is 0. The van der Waals surface area contributed by atoms with Gasteiger partial charge in [-0.25, -0.2) is 0 Å². The molecule has 0 bridgehead atoms. The van der Waals surface area contributed by atoms with Gasteiger partial charge in [-0.1, -0.05) is 58.0 Å². The van der Waals surface area contributed by atoms with Crippen LogP contribution in [0.3, 0.4) is 0 Å². The Morgan fingerprint density at radius 1 is 1.11 bits per heavy atom. The van der Waals surface area contributed by atoms with Crippen LogP contribution in [0.4, 0.5) is 0 Å². The van der Waals surface area contributed by atoms with Crippen LogP contribution in [-0.4, -0.2) is 13.3 Å². The van der Waals surface area contributed by atoms with Gasteiger partial charge in [-0.15, -0.1) is 17.3 Å². The molecule has 0 saturated heterocycles. The molecule has 0 aromatic heterocycles. The summed E-state index contributed by atoms with van der Waals surface area (Å²) in [4.78, 5) is 1.30. The summed E-state index contributed by atoms with van der Waals surface area (Å²) in [7, 11) is -1.46. The summed E-state index contributed by atoms with van der Waals surface area (Å²) >= 11 is 1.84. The van der Waals surface area contributed by atoms with E-state index in [1.807, 2.05) is 11.8 Å². The molecule has 0 saturated carbocycles. The van der Waals surface area contributed by atoms with Gasteiger partial charge < -0.3 is 0 Å². The lowest BCUT2D eigenvalue weighted by Crippen LogP contribution is -2.35. The molecular weight excluding hydrogens is 252 g/mol. The van der Waals surface area contributed by atoms with Crippen molar-refractivity contribution in [1.29, 1.82) is 0 Å². The maximum atomic E-state index is 3.59. The minimum atomic E-state index is -1.46. The third kappa shape index (κ3) is 4.55. The van der Waals surface area contributed by atoms with Crippen molar-refractivity contribution >= 4 is 19.8 Å². The smallest absolute Gasteiger partial charge is 0.130 e. The third-order valence-electron chi connectivity index (χ3n) is 3.52. The molecule has 98 valence electrons. The maximum Gasteiger partial charge on any atom is 0.137 e. The van der Waals surface area contributed by atoms with Crippen molar-refractivity contribution in [3.8, 4) is 11.5 Å². The molecule has 1 aromatic rings. The molecule has 0 radical (unpaired) electrons. The van der Waals surface area contributed by atoms with Gasteiger partial charge in [-0.3, -0.25) is 0 Å². The lowest BCUT2D eigenvalue weighted by Gasteiger charge is -2.31. The predicted octanol–water partition coefficient (Wildman–Crippen LogP) is 5.22. The van der Waals surface area contributed by atoms with Crippen LogP contribution in [0.2, 0.25) is 18.1 Å². The molecule has 0 fully saturated rings. The fourth-order valence-electron chi connectivity index (χ4n) is 1.20. The van der Waals surface area contributed by atoms with Crippen molar-refractivity contribution < 1.29 is 0 Å². The van der Waals surface area contributed by atoms with Crippen molar-refractivity contribution in [2.75, 3.05) is 0 Å². The van der Waals surface area contributed by atoms with Gasteiger partial charge in [-0.2, -0.15) is 0 Å². The Labute approximate surface area is 118 Å². The second-order valence-electron chi connectivity index (χ2n) is 6.22. The van der Waals surface area contributed by atoms with Gasteiger partial charge in [-0.05, 0) is 24.1 Å². The summed E-state index contributed by atoms with van der Waals surface area (Å²) in [6.07, 6.45) is 0. The topological polar surface area (TPSA) is 0 Å². The van der Waals surface area contributed by atoms with Crippen molar-refractivity contribution in [3.05, 3.63) is 30.3 Å². The minimum absolute atomic E-state index is 0.344. The van der Waals surface area contributed by atoms with Gasteiger partial charge in [0.05, 0.1) is 5.25 Å². The van der Waals surface area contributed by atoms with Gasteiger partial charge in [0.25, 0.3) is 0 Å². The molecule has 1 atom stereocenters. The lowest BCUT2D eigenvalue weighted by atomic mass is 10.2. The van der Waals surface area contributed by atoms with Crippen LogP contribution in [0.25, 0.3) is 0 Å². The van der Waals surface area contributed by atoms with E-state index in [0.717, 1.165) is 0 Å². The molecule has 0 spiro atoms. The molecule has 1 unspecified atom stereocenters. The Bertz CT molecular complexity index is 432. The van der Waals surface area contributed by atoms with Gasteiger partial charge in [0, 0.05) is 4.90 Å². The van der Waals surface area contributed by atoms with Crippen LogP contribution in [0.5, 0.6) is 0 Å². The van der Waals surface area contributed by atoms with Gasteiger partial charge in [0.1, 0.15) is 8.07 Å². The number of benzene rings is 1. The summed E-state index contributed by atoms with van der Waals surface area (Å²) in [5.41, 5.74) is 3.59. The van der Waals surface area contributed by atoms with E-state index in [1.165, 1.54) is 4.90 Å². The molecule has 0 heterocycles. The molecule has 0 aliphatic carbocycles. The maximum absolute atomic E-state index is 3.59. The van der Waals surface area contributed by atoms with Crippen LogP contribution < -0.4 is 0 Å². The quantitative estimate of drug-likeness (QED) is 0.405. The van der Waals surface area contributed by atoms with Crippen molar-refractivity contribution in [1.82, 2.24) is 0 Å². The fourth-order valence-corrected chi connectivity index (χ4v) is 3.10. The summed E-state index contributed by atoms with van der Waals surface area (Å²) in [6.45, 7) is 13.8. The third-order valence-corrected chi connectivity index (χ3v) is 9.05. The largest absolute Gasteiger partial charge is 0.137 e. The first-order chi connectivity index (χ1) is 8.22. The van der Waals surface area contributed by atoms with Crippen LogP contribution in [0, 0.1) is 11.5 Å². The van der Waals surface area contributed by atoms with Gasteiger partial charge in [0.15, 0.2) is 0 Å². The van der Waals surface area contributed by atoms with E-state index in [0.29, 0.717) is 10.3 Å². The lowest BCUT2D eigenvalue weighted by molar-refractivity contribution is 0.731. The monoisotopic (exact) mass is 276 g/mol. The summed E-state index contributed by atoms with van der Waals surface area (Å²) < 4.78 is 0. The Morgan fingerprint density at radius 2 is 1.67 bits per heavy atom. The second kappa shape index (κ2) is 5.99. The van der Waals surface area contributed by atoms with Crippen LogP contribution in [-0.2, 0) is 0 Å². The minimum Gasteiger partial charge on any atom is -0.130 e. The molecule has 0 aliphatic rings. The van der Waals surface area contributed by atoms with E-state index >= 15 is 0 Å². The molecule has 0 nitrogen and oxygen atoms in total. The van der Waals surface area contributed by atoms with E-state index in [1.54, 1.807) is 0 Å². The Balaban J connectivity index is 2.69. The normalized spacial score (nSPS) is 13.7. The highest BCUT2D eigenvalue weighted by atomic mass is 32.2. The molecule has 1 aromatic carbocycles. The first-order valence-electron chi connectivity index (χ1n) is 6.47. The number of thioether (sulfide) groups is 1. The first kappa shape index (κ1) is 15.4. The van der Waals surface area contributed by atoms with E-state index in [-0.39, 0.29) is 0 Å². The van der Waals surface area contributed by atoms with Gasteiger partial charge >= 0.3 is 0 Å². The highest BCUT2D eigenvalue weighted by Crippen LogP contribution is 2.35. The average Bonchev–Trinajstić information content (AvgIpc) is 2.26. The molecule has 0 N–H and O–H groups in total. The fraction of sp³-hybridized carbons (Fsp3) is 0.500. The van der Waals surface area contributed by atoms with E-state index in [4.69, 9.17) is 0 Å². The SMILES string of the molecule is CC(C#C[Si](C)(C)C(C)(C)C)Sc1ccccc1. The summed E-state index contributed by atoms with van der Waals surface area (Å²) in [5, 5.41) is 0.707. The highest BCUT2D eigenvalue weighted by Gasteiger charge is 2.33. The van der Waals surface area contributed by atoms with Crippen molar-refractivity contribution in [2.45, 2.75) is 56.0 Å². The Kier molecular flexibility index (Phi) is 5.13. The van der Waals surface area contributed by atoms with Crippen molar-refractivity contribution in [3.63, 3.8) is 0 Å². The number of hydrogen-bond acceptors (Lipinski definition) is 1. The number of rotatable bonds is 2. The summed E-state index contributed by atoms with van der Waals surface area (Å²) in [5.74, 6) is 3.45. The Hall–Kier alpha value is -0.653. The van der Waals surface area contributed by atoms with Crippen LogP contribution >= 0.6 is 11.8 Å². The molecule has 2 heteroatoms. The molecule has 18 heavy (non-hydrogen) atoms. The van der Waals surface area contributed by atoms with E-state index in [9.17, 15) is 0 Å². The standard InChI is InChI=1S/C16H24SSi/c1-14(17-15-10-8-7-9-11-15)12-13-18(5,6)16(2,3)4/h7-11,14H,1-6H3. The van der Waals surface area contributed by atoms with Crippen LogP contribution in [0.1, 0.15) is 27.7 Å². The summed E-state index contributed by atoms with van der Waals surface area (Å²) in [6, 6.07) is 10.5. The predicted molar refractivity (Wildman–Crippen MR) is 86.7 cm³/mol. The molecule has 0 amide bonds. The van der Waals surface area contributed by atoms with Crippen LogP contribution in [0.15, 0.2) is 35.2 Å².